The second kappa shape index (κ2) is 3.01. The predicted molar refractivity (Wildman–Crippen MR) is 39.6 cm³/mol. The normalized spacial score (nSPS) is 9.00. The first-order chi connectivity index (χ1) is 5.65. The largest absolute Gasteiger partial charge is 0.478 e. The molecule has 3 nitrogen and oxygen atoms in total. The van der Waals surface area contributed by atoms with Crippen LogP contribution in [-0.4, -0.2) is 11.1 Å². The van der Waals surface area contributed by atoms with Crippen LogP contribution >= 0.6 is 0 Å². The maximum absolute atomic E-state index is 12.6. The first kappa shape index (κ1) is 8.21. The molecule has 60 valence electrons. The van der Waals surface area contributed by atoms with Gasteiger partial charge >= 0.3 is 5.97 Å². The highest BCUT2D eigenvalue weighted by molar-refractivity contribution is 5.88. The van der Waals surface area contributed by atoms with Crippen molar-refractivity contribution in [3.63, 3.8) is 0 Å². The molecule has 0 amide bonds. The van der Waals surface area contributed by atoms with E-state index in [1.807, 2.05) is 0 Å². The number of carbonyl (C=O) groups is 1. The van der Waals surface area contributed by atoms with Crippen LogP contribution in [-0.2, 0) is 0 Å². The fourth-order valence-corrected chi connectivity index (χ4v) is 0.731. The van der Waals surface area contributed by atoms with E-state index in [0.717, 1.165) is 18.2 Å². The Balaban J connectivity index is 3.25. The van der Waals surface area contributed by atoms with Crippen LogP contribution in [0.3, 0.4) is 0 Å². The molecule has 4 heteroatoms. The summed E-state index contributed by atoms with van der Waals surface area (Å²) in [7, 11) is 0. The summed E-state index contributed by atoms with van der Waals surface area (Å²) in [5.41, 5.74) is -0.350. The van der Waals surface area contributed by atoms with Gasteiger partial charge in [0.05, 0.1) is 6.57 Å². The molecule has 0 aliphatic rings. The third kappa shape index (κ3) is 1.40. The van der Waals surface area contributed by atoms with Crippen LogP contribution in [0.25, 0.3) is 4.85 Å². The van der Waals surface area contributed by atoms with Crippen molar-refractivity contribution < 1.29 is 14.3 Å². The van der Waals surface area contributed by atoms with Gasteiger partial charge in [0.1, 0.15) is 5.82 Å². The van der Waals surface area contributed by atoms with Crippen LogP contribution in [0.5, 0.6) is 0 Å². The molecule has 0 spiro atoms. The summed E-state index contributed by atoms with van der Waals surface area (Å²) in [4.78, 5) is 13.2. The Labute approximate surface area is 67.9 Å². The Morgan fingerprint density at radius 1 is 1.58 bits per heavy atom. The monoisotopic (exact) mass is 165 g/mol. The summed E-state index contributed by atoms with van der Waals surface area (Å²) in [5.74, 6) is -1.87. The van der Waals surface area contributed by atoms with E-state index < -0.39 is 11.8 Å². The number of carboxylic acid groups (broad SMARTS) is 1. The zero-order chi connectivity index (χ0) is 9.14. The highest BCUT2D eigenvalue weighted by atomic mass is 19.1. The first-order valence-electron chi connectivity index (χ1n) is 3.05. The van der Waals surface area contributed by atoms with Gasteiger partial charge in [0.25, 0.3) is 0 Å². The zero-order valence-electron chi connectivity index (χ0n) is 5.91. The Morgan fingerprint density at radius 3 is 2.75 bits per heavy atom. The lowest BCUT2D eigenvalue weighted by Crippen LogP contribution is -1.95. The van der Waals surface area contributed by atoms with Crippen LogP contribution in [0.2, 0.25) is 0 Å². The highest BCUT2D eigenvalue weighted by Gasteiger charge is 2.06. The third-order valence-electron chi connectivity index (χ3n) is 1.31. The topological polar surface area (TPSA) is 41.7 Å². The molecule has 0 heterocycles. The van der Waals surface area contributed by atoms with Gasteiger partial charge in [-0.1, -0.05) is 0 Å². The minimum absolute atomic E-state index is 0.0811. The molecule has 0 aliphatic carbocycles. The van der Waals surface area contributed by atoms with Crippen molar-refractivity contribution in [2.45, 2.75) is 0 Å². The third-order valence-corrected chi connectivity index (χ3v) is 1.31. The Bertz CT molecular complexity index is 368. The number of carboxylic acids is 1. The molecule has 1 aromatic carbocycles. The van der Waals surface area contributed by atoms with Gasteiger partial charge in [-0.25, -0.2) is 14.0 Å². The second-order valence-electron chi connectivity index (χ2n) is 2.08. The van der Waals surface area contributed by atoms with Crippen LogP contribution < -0.4 is 0 Å². The fraction of sp³-hybridized carbons (Fsp3) is 0. The molecule has 0 unspecified atom stereocenters. The minimum atomic E-state index is -1.17. The van der Waals surface area contributed by atoms with E-state index in [1.165, 1.54) is 0 Å². The zero-order valence-corrected chi connectivity index (χ0v) is 5.91. The molecule has 0 saturated heterocycles. The summed E-state index contributed by atoms with van der Waals surface area (Å²) in [6.45, 7) is 6.51. The molecule has 12 heavy (non-hydrogen) atoms. The van der Waals surface area contributed by atoms with Gasteiger partial charge in [-0.2, -0.15) is 0 Å². The molecule has 0 aliphatic heterocycles. The summed E-state index contributed by atoms with van der Waals surface area (Å²) >= 11 is 0. The molecule has 0 bridgehead atoms. The van der Waals surface area contributed by atoms with Gasteiger partial charge in [0.15, 0.2) is 0 Å². The lowest BCUT2D eigenvalue weighted by atomic mass is 10.2. The van der Waals surface area contributed by atoms with Gasteiger partial charge in [0.2, 0.25) is 5.69 Å². The van der Waals surface area contributed by atoms with E-state index >= 15 is 0 Å². The van der Waals surface area contributed by atoms with E-state index in [0.29, 0.717) is 0 Å². The SMILES string of the molecule is [C-]#[N+]c1cc(C(=O)O)ccc1F. The molecule has 0 atom stereocenters. The lowest BCUT2D eigenvalue weighted by Gasteiger charge is -1.95. The van der Waals surface area contributed by atoms with Crippen molar-refractivity contribution in [1.82, 2.24) is 0 Å². The van der Waals surface area contributed by atoms with E-state index in [2.05, 4.69) is 4.85 Å². The number of rotatable bonds is 1. The summed E-state index contributed by atoms with van der Waals surface area (Å²) in [5, 5.41) is 8.47. The van der Waals surface area contributed by atoms with Gasteiger partial charge in [-0.05, 0) is 18.2 Å². The van der Waals surface area contributed by atoms with Crippen LogP contribution in [0, 0.1) is 12.4 Å². The van der Waals surface area contributed by atoms with Gasteiger partial charge in [-0.15, -0.1) is 0 Å². The fourth-order valence-electron chi connectivity index (χ4n) is 0.731. The number of nitrogens with zero attached hydrogens (tertiary/aromatic N) is 1. The van der Waals surface area contributed by atoms with Crippen LogP contribution in [0.4, 0.5) is 10.1 Å². The molecule has 1 aromatic rings. The standard InChI is InChI=1S/C8H4FNO2/c1-10-7-4-5(8(11)12)2-3-6(7)9/h2-4H,(H,11,12). The molecular formula is C8H4FNO2. The quantitative estimate of drug-likeness (QED) is 0.647. The van der Waals surface area contributed by atoms with Crippen molar-refractivity contribution in [2.24, 2.45) is 0 Å². The Morgan fingerprint density at radius 2 is 2.25 bits per heavy atom. The van der Waals surface area contributed by atoms with Crippen molar-refractivity contribution in [2.75, 3.05) is 0 Å². The Kier molecular flexibility index (Phi) is 2.06. The minimum Gasteiger partial charge on any atom is -0.478 e. The smallest absolute Gasteiger partial charge is 0.334 e. The average Bonchev–Trinajstić information content (AvgIpc) is 2.05. The molecule has 0 saturated carbocycles. The summed E-state index contributed by atoms with van der Waals surface area (Å²) < 4.78 is 12.6. The number of hydrogen-bond donors (Lipinski definition) is 1. The number of aromatic carboxylic acids is 1. The highest BCUT2D eigenvalue weighted by Crippen LogP contribution is 2.18. The van der Waals surface area contributed by atoms with E-state index in [4.69, 9.17) is 11.7 Å². The van der Waals surface area contributed by atoms with E-state index in [-0.39, 0.29) is 11.3 Å². The number of hydrogen-bond acceptors (Lipinski definition) is 1. The van der Waals surface area contributed by atoms with Gasteiger partial charge in [0, 0.05) is 5.56 Å². The molecule has 0 radical (unpaired) electrons. The van der Waals surface area contributed by atoms with Gasteiger partial charge in [-0.3, -0.25) is 0 Å². The molecule has 1 rings (SSSR count). The molecule has 1 N–H and O–H groups in total. The molecule has 0 aromatic heterocycles. The lowest BCUT2D eigenvalue weighted by molar-refractivity contribution is 0.0697. The van der Waals surface area contributed by atoms with Crippen LogP contribution in [0.1, 0.15) is 10.4 Å². The number of halogens is 1. The number of benzene rings is 1. The van der Waals surface area contributed by atoms with Crippen molar-refractivity contribution >= 4 is 11.7 Å². The first-order valence-corrected chi connectivity index (χ1v) is 3.05. The van der Waals surface area contributed by atoms with E-state index in [9.17, 15) is 9.18 Å². The van der Waals surface area contributed by atoms with Crippen molar-refractivity contribution in [3.8, 4) is 0 Å². The van der Waals surface area contributed by atoms with E-state index in [1.54, 1.807) is 0 Å². The molecule has 0 fully saturated rings. The maximum Gasteiger partial charge on any atom is 0.334 e. The molecular weight excluding hydrogens is 161 g/mol. The van der Waals surface area contributed by atoms with Crippen molar-refractivity contribution in [3.05, 3.63) is 41.0 Å². The van der Waals surface area contributed by atoms with Crippen molar-refractivity contribution in [1.29, 1.82) is 0 Å². The van der Waals surface area contributed by atoms with Gasteiger partial charge < -0.3 is 5.11 Å². The summed E-state index contributed by atoms with van der Waals surface area (Å²) in [6.07, 6.45) is 0. The summed E-state index contributed by atoms with van der Waals surface area (Å²) in [6, 6.07) is 3.09. The average molecular weight is 165 g/mol. The predicted octanol–water partition coefficient (Wildman–Crippen LogP) is 2.07. The van der Waals surface area contributed by atoms with Crippen LogP contribution in [0.15, 0.2) is 18.2 Å². The maximum atomic E-state index is 12.6. The Hall–Kier alpha value is -1.89. The second-order valence-corrected chi connectivity index (χ2v) is 2.08.